The van der Waals surface area contributed by atoms with E-state index in [0.29, 0.717) is 11.1 Å². The molecule has 0 unspecified atom stereocenters. The summed E-state index contributed by atoms with van der Waals surface area (Å²) in [5.74, 6) is -2.61. The lowest BCUT2D eigenvalue weighted by Gasteiger charge is -2.14. The van der Waals surface area contributed by atoms with Gasteiger partial charge in [0.25, 0.3) is 17.7 Å². The SMILES string of the molecule is O=C(CNC(=O)c1cccc(OC(F)F)c1)OCCN1C(=O)c2ccccc2C1=O. The average molecular weight is 418 g/mol. The average Bonchev–Trinajstić information content (AvgIpc) is 2.97. The number of ether oxygens (including phenoxy) is 2. The number of amides is 3. The third-order valence-electron chi connectivity index (χ3n) is 4.17. The zero-order valence-electron chi connectivity index (χ0n) is 15.5. The van der Waals surface area contributed by atoms with Gasteiger partial charge in [0, 0.05) is 5.56 Å². The van der Waals surface area contributed by atoms with E-state index in [-0.39, 0.29) is 24.5 Å². The van der Waals surface area contributed by atoms with Crippen LogP contribution in [0.4, 0.5) is 8.78 Å². The van der Waals surface area contributed by atoms with Gasteiger partial charge in [0.15, 0.2) is 0 Å². The second-order valence-corrected chi connectivity index (χ2v) is 6.12. The topological polar surface area (TPSA) is 102 Å². The van der Waals surface area contributed by atoms with E-state index < -0.39 is 36.8 Å². The van der Waals surface area contributed by atoms with Gasteiger partial charge >= 0.3 is 12.6 Å². The van der Waals surface area contributed by atoms with E-state index in [2.05, 4.69) is 10.1 Å². The van der Waals surface area contributed by atoms with Crippen molar-refractivity contribution in [2.24, 2.45) is 0 Å². The monoisotopic (exact) mass is 418 g/mol. The first-order chi connectivity index (χ1) is 14.4. The first-order valence-corrected chi connectivity index (χ1v) is 8.80. The van der Waals surface area contributed by atoms with Gasteiger partial charge in [-0.2, -0.15) is 8.78 Å². The number of imide groups is 1. The number of alkyl halides is 2. The summed E-state index contributed by atoms with van der Waals surface area (Å²) in [6.07, 6.45) is 0. The summed E-state index contributed by atoms with van der Waals surface area (Å²) in [6.45, 7) is -3.88. The highest BCUT2D eigenvalue weighted by atomic mass is 19.3. The number of hydrogen-bond acceptors (Lipinski definition) is 6. The molecule has 156 valence electrons. The van der Waals surface area contributed by atoms with Gasteiger partial charge in [0.1, 0.15) is 18.9 Å². The fourth-order valence-corrected chi connectivity index (χ4v) is 2.81. The third-order valence-corrected chi connectivity index (χ3v) is 4.17. The fraction of sp³-hybridized carbons (Fsp3) is 0.200. The van der Waals surface area contributed by atoms with E-state index in [0.717, 1.165) is 11.0 Å². The van der Waals surface area contributed by atoms with E-state index >= 15 is 0 Å². The number of halogens is 2. The van der Waals surface area contributed by atoms with Crippen molar-refractivity contribution < 1.29 is 37.4 Å². The molecule has 0 saturated heterocycles. The zero-order chi connectivity index (χ0) is 21.7. The van der Waals surface area contributed by atoms with Gasteiger partial charge in [-0.15, -0.1) is 0 Å². The maximum atomic E-state index is 12.2. The van der Waals surface area contributed by atoms with Crippen molar-refractivity contribution in [2.45, 2.75) is 6.61 Å². The highest BCUT2D eigenvalue weighted by Gasteiger charge is 2.34. The molecule has 2 aromatic rings. The number of carbonyl (C=O) groups excluding carboxylic acids is 4. The Kier molecular flexibility index (Phi) is 6.35. The Balaban J connectivity index is 1.44. The van der Waals surface area contributed by atoms with Crippen molar-refractivity contribution in [3.8, 4) is 5.75 Å². The van der Waals surface area contributed by atoms with Crippen LogP contribution in [0.15, 0.2) is 48.5 Å². The minimum absolute atomic E-state index is 0.0203. The van der Waals surface area contributed by atoms with Gasteiger partial charge in [-0.05, 0) is 30.3 Å². The zero-order valence-corrected chi connectivity index (χ0v) is 15.5. The summed E-state index contributed by atoms with van der Waals surface area (Å²) in [5, 5.41) is 2.29. The molecular formula is C20H16F2N2O6. The lowest BCUT2D eigenvalue weighted by molar-refractivity contribution is -0.142. The predicted molar refractivity (Wildman–Crippen MR) is 98.2 cm³/mol. The number of fused-ring (bicyclic) bond motifs is 1. The molecule has 3 amide bonds. The minimum atomic E-state index is -3.03. The normalized spacial score (nSPS) is 12.7. The molecule has 2 aromatic carbocycles. The molecule has 0 aromatic heterocycles. The molecular weight excluding hydrogens is 402 g/mol. The smallest absolute Gasteiger partial charge is 0.387 e. The summed E-state index contributed by atoms with van der Waals surface area (Å²) >= 11 is 0. The van der Waals surface area contributed by atoms with Gasteiger partial charge in [0.2, 0.25) is 0 Å². The third kappa shape index (κ3) is 4.77. The van der Waals surface area contributed by atoms with Crippen LogP contribution in [0.2, 0.25) is 0 Å². The molecule has 0 bridgehead atoms. The van der Waals surface area contributed by atoms with Crippen LogP contribution in [0.5, 0.6) is 5.75 Å². The van der Waals surface area contributed by atoms with Gasteiger partial charge in [-0.3, -0.25) is 24.1 Å². The predicted octanol–water partition coefficient (Wildman–Crippen LogP) is 1.86. The molecule has 1 aliphatic heterocycles. The lowest BCUT2D eigenvalue weighted by atomic mass is 10.1. The Morgan fingerprint density at radius 3 is 2.30 bits per heavy atom. The van der Waals surface area contributed by atoms with Gasteiger partial charge in [0.05, 0.1) is 17.7 Å². The highest BCUT2D eigenvalue weighted by Crippen LogP contribution is 2.22. The van der Waals surface area contributed by atoms with E-state index in [9.17, 15) is 28.0 Å². The first-order valence-electron chi connectivity index (χ1n) is 8.80. The highest BCUT2D eigenvalue weighted by molar-refractivity contribution is 6.21. The van der Waals surface area contributed by atoms with Gasteiger partial charge in [-0.25, -0.2) is 0 Å². The van der Waals surface area contributed by atoms with Crippen LogP contribution in [-0.2, 0) is 9.53 Å². The number of nitrogens with one attached hydrogen (secondary N) is 1. The Morgan fingerprint density at radius 2 is 1.67 bits per heavy atom. The van der Waals surface area contributed by atoms with E-state index in [1.807, 2.05) is 0 Å². The Hall–Kier alpha value is -3.82. The van der Waals surface area contributed by atoms with Crippen molar-refractivity contribution in [3.63, 3.8) is 0 Å². The molecule has 0 saturated carbocycles. The molecule has 1 N–H and O–H groups in total. The van der Waals surface area contributed by atoms with Crippen molar-refractivity contribution in [3.05, 3.63) is 65.2 Å². The Bertz CT molecular complexity index is 960. The first kappa shape index (κ1) is 20.9. The Labute approximate surface area is 169 Å². The number of carbonyl (C=O) groups is 4. The van der Waals surface area contributed by atoms with Crippen LogP contribution in [-0.4, -0.2) is 54.9 Å². The minimum Gasteiger partial charge on any atom is -0.462 e. The van der Waals surface area contributed by atoms with Crippen molar-refractivity contribution in [1.82, 2.24) is 10.2 Å². The number of rotatable bonds is 8. The summed E-state index contributed by atoms with van der Waals surface area (Å²) in [7, 11) is 0. The van der Waals surface area contributed by atoms with E-state index in [1.54, 1.807) is 24.3 Å². The molecule has 10 heteroatoms. The molecule has 3 rings (SSSR count). The lowest BCUT2D eigenvalue weighted by Crippen LogP contribution is -2.35. The fourth-order valence-electron chi connectivity index (χ4n) is 2.81. The van der Waals surface area contributed by atoms with Crippen molar-refractivity contribution in [2.75, 3.05) is 19.7 Å². The second kappa shape index (κ2) is 9.12. The molecule has 30 heavy (non-hydrogen) atoms. The number of benzene rings is 2. The molecule has 0 atom stereocenters. The second-order valence-electron chi connectivity index (χ2n) is 6.12. The van der Waals surface area contributed by atoms with Crippen LogP contribution < -0.4 is 10.1 Å². The molecule has 0 radical (unpaired) electrons. The quantitative estimate of drug-likeness (QED) is 0.519. The summed E-state index contributed by atoms with van der Waals surface area (Å²) in [5.41, 5.74) is 0.602. The summed E-state index contributed by atoms with van der Waals surface area (Å²) < 4.78 is 33.6. The maximum absolute atomic E-state index is 12.2. The largest absolute Gasteiger partial charge is 0.462 e. The van der Waals surface area contributed by atoms with Crippen LogP contribution >= 0.6 is 0 Å². The number of nitrogens with zero attached hydrogens (tertiary/aromatic N) is 1. The molecule has 0 spiro atoms. The molecule has 0 aliphatic carbocycles. The number of esters is 1. The standard InChI is InChI=1S/C20H16F2N2O6/c21-20(22)30-13-5-3-4-12(10-13)17(26)23-11-16(25)29-9-8-24-18(27)14-6-1-2-7-15(14)19(24)28/h1-7,10,20H,8-9,11H2,(H,23,26). The van der Waals surface area contributed by atoms with E-state index in [1.165, 1.54) is 18.2 Å². The summed E-state index contributed by atoms with van der Waals surface area (Å²) in [6, 6.07) is 11.5. The maximum Gasteiger partial charge on any atom is 0.387 e. The molecule has 1 heterocycles. The molecule has 8 nitrogen and oxygen atoms in total. The van der Waals surface area contributed by atoms with Crippen molar-refractivity contribution in [1.29, 1.82) is 0 Å². The van der Waals surface area contributed by atoms with Crippen molar-refractivity contribution >= 4 is 23.7 Å². The molecule has 1 aliphatic rings. The van der Waals surface area contributed by atoms with Gasteiger partial charge < -0.3 is 14.8 Å². The van der Waals surface area contributed by atoms with Crippen LogP contribution in [0.3, 0.4) is 0 Å². The number of hydrogen-bond donors (Lipinski definition) is 1. The van der Waals surface area contributed by atoms with Crippen LogP contribution in [0.1, 0.15) is 31.1 Å². The summed E-state index contributed by atoms with van der Waals surface area (Å²) in [4.78, 5) is 49.2. The van der Waals surface area contributed by atoms with Crippen LogP contribution in [0.25, 0.3) is 0 Å². The van der Waals surface area contributed by atoms with Crippen LogP contribution in [0, 0.1) is 0 Å². The Morgan fingerprint density at radius 1 is 1.00 bits per heavy atom. The molecule has 0 fully saturated rings. The van der Waals surface area contributed by atoms with Gasteiger partial charge in [-0.1, -0.05) is 18.2 Å². The van der Waals surface area contributed by atoms with E-state index in [4.69, 9.17) is 4.74 Å².